The van der Waals surface area contributed by atoms with Crippen molar-refractivity contribution >= 4 is 40.2 Å². The standard InChI is InChI=1S/C22H21N3O3S2/c1-14-10-15(2)12-17(11-14)25(8-5-7-23)19(26)13-28-22(27)20-16(3)24-21(30-20)18-6-4-9-29-18/h4,6,9-12H,5,8,13H2,1-3H3. The number of benzene rings is 1. The van der Waals surface area contributed by atoms with Crippen LogP contribution in [-0.4, -0.2) is 30.0 Å². The van der Waals surface area contributed by atoms with Gasteiger partial charge in [-0.25, -0.2) is 9.78 Å². The van der Waals surface area contributed by atoms with Gasteiger partial charge in [-0.05, 0) is 55.5 Å². The molecule has 0 spiro atoms. The Balaban J connectivity index is 1.72. The second-order valence-corrected chi connectivity index (χ2v) is 8.73. The zero-order chi connectivity index (χ0) is 21.7. The molecule has 8 heteroatoms. The molecule has 0 unspecified atom stereocenters. The summed E-state index contributed by atoms with van der Waals surface area (Å²) < 4.78 is 5.31. The predicted octanol–water partition coefficient (Wildman–Crippen LogP) is 4.90. The summed E-state index contributed by atoms with van der Waals surface area (Å²) in [5.74, 6) is -0.939. The van der Waals surface area contributed by atoms with Gasteiger partial charge in [0.05, 0.1) is 23.1 Å². The highest BCUT2D eigenvalue weighted by Crippen LogP contribution is 2.31. The van der Waals surface area contributed by atoms with Crippen molar-refractivity contribution in [2.24, 2.45) is 0 Å². The number of anilines is 1. The molecule has 0 saturated carbocycles. The Morgan fingerprint density at radius 1 is 1.20 bits per heavy atom. The minimum atomic E-state index is -0.568. The van der Waals surface area contributed by atoms with E-state index in [2.05, 4.69) is 11.1 Å². The lowest BCUT2D eigenvalue weighted by molar-refractivity contribution is -0.121. The van der Waals surface area contributed by atoms with Crippen molar-refractivity contribution in [1.82, 2.24) is 4.98 Å². The van der Waals surface area contributed by atoms with Crippen LogP contribution in [-0.2, 0) is 9.53 Å². The number of amides is 1. The lowest BCUT2D eigenvalue weighted by Crippen LogP contribution is -2.35. The van der Waals surface area contributed by atoms with Crippen LogP contribution in [0, 0.1) is 32.1 Å². The third kappa shape index (κ3) is 5.12. The van der Waals surface area contributed by atoms with Gasteiger partial charge in [-0.3, -0.25) is 4.79 Å². The highest BCUT2D eigenvalue weighted by molar-refractivity contribution is 7.22. The molecule has 3 aromatic rings. The summed E-state index contributed by atoms with van der Waals surface area (Å²) in [6, 6.07) is 11.7. The van der Waals surface area contributed by atoms with Crippen LogP contribution in [0.4, 0.5) is 5.69 Å². The fraction of sp³-hybridized carbons (Fsp3) is 0.273. The van der Waals surface area contributed by atoms with Gasteiger partial charge in [0.15, 0.2) is 6.61 Å². The Morgan fingerprint density at radius 2 is 1.93 bits per heavy atom. The summed E-state index contributed by atoms with van der Waals surface area (Å²) >= 11 is 2.80. The molecule has 2 aromatic heterocycles. The first-order chi connectivity index (χ1) is 14.4. The molecule has 3 rings (SSSR count). The molecule has 0 aliphatic rings. The van der Waals surface area contributed by atoms with E-state index < -0.39 is 12.6 Å². The summed E-state index contributed by atoms with van der Waals surface area (Å²) in [4.78, 5) is 32.7. The second kappa shape index (κ2) is 9.65. The highest BCUT2D eigenvalue weighted by Gasteiger charge is 2.22. The van der Waals surface area contributed by atoms with E-state index in [1.165, 1.54) is 16.2 Å². The average Bonchev–Trinajstić information content (AvgIpc) is 3.35. The number of aryl methyl sites for hydroxylation is 3. The maximum absolute atomic E-state index is 12.8. The van der Waals surface area contributed by atoms with Crippen molar-refractivity contribution in [2.75, 3.05) is 18.1 Å². The molecule has 0 atom stereocenters. The van der Waals surface area contributed by atoms with E-state index in [1.54, 1.807) is 18.3 Å². The summed E-state index contributed by atoms with van der Waals surface area (Å²) in [7, 11) is 0. The topological polar surface area (TPSA) is 83.3 Å². The molecule has 30 heavy (non-hydrogen) atoms. The maximum atomic E-state index is 12.8. The molecule has 154 valence electrons. The van der Waals surface area contributed by atoms with Crippen LogP contribution >= 0.6 is 22.7 Å². The normalized spacial score (nSPS) is 10.5. The molecule has 0 aliphatic carbocycles. The maximum Gasteiger partial charge on any atom is 0.350 e. The van der Waals surface area contributed by atoms with Gasteiger partial charge in [0.25, 0.3) is 5.91 Å². The zero-order valence-corrected chi connectivity index (χ0v) is 18.6. The Hall–Kier alpha value is -3.02. The van der Waals surface area contributed by atoms with Crippen LogP contribution in [0.2, 0.25) is 0 Å². The van der Waals surface area contributed by atoms with Gasteiger partial charge in [-0.15, -0.1) is 22.7 Å². The Bertz CT molecular complexity index is 1080. The van der Waals surface area contributed by atoms with Gasteiger partial charge in [-0.1, -0.05) is 12.1 Å². The van der Waals surface area contributed by atoms with E-state index in [0.29, 0.717) is 16.3 Å². The third-order valence-electron chi connectivity index (χ3n) is 4.31. The molecule has 0 N–H and O–H groups in total. The number of rotatable bonds is 7. The number of thiophene rings is 1. The largest absolute Gasteiger partial charge is 0.451 e. The predicted molar refractivity (Wildman–Crippen MR) is 119 cm³/mol. The average molecular weight is 440 g/mol. The minimum absolute atomic E-state index is 0.185. The fourth-order valence-electron chi connectivity index (χ4n) is 3.03. The van der Waals surface area contributed by atoms with Crippen LogP contribution in [0.1, 0.15) is 32.9 Å². The SMILES string of the molecule is Cc1cc(C)cc(N(CCC#N)C(=O)COC(=O)c2sc(-c3cccs3)nc2C)c1. The van der Waals surface area contributed by atoms with Gasteiger partial charge in [0, 0.05) is 12.2 Å². The molecule has 1 aromatic carbocycles. The van der Waals surface area contributed by atoms with Crippen molar-refractivity contribution in [3.63, 3.8) is 0 Å². The van der Waals surface area contributed by atoms with Crippen molar-refractivity contribution in [1.29, 1.82) is 5.26 Å². The minimum Gasteiger partial charge on any atom is -0.451 e. The van der Waals surface area contributed by atoms with Crippen molar-refractivity contribution in [3.05, 3.63) is 57.4 Å². The molecule has 2 heterocycles. The number of thiazole rings is 1. The van der Waals surface area contributed by atoms with Gasteiger partial charge < -0.3 is 9.64 Å². The first-order valence-electron chi connectivity index (χ1n) is 9.33. The summed E-state index contributed by atoms with van der Waals surface area (Å²) in [5, 5.41) is 11.7. The number of aromatic nitrogens is 1. The van der Waals surface area contributed by atoms with E-state index in [4.69, 9.17) is 10.00 Å². The zero-order valence-electron chi connectivity index (χ0n) is 17.0. The third-order valence-corrected chi connectivity index (χ3v) is 6.48. The van der Waals surface area contributed by atoms with Crippen LogP contribution in [0.3, 0.4) is 0 Å². The van der Waals surface area contributed by atoms with E-state index in [-0.39, 0.29) is 18.9 Å². The monoisotopic (exact) mass is 439 g/mol. The number of carbonyl (C=O) groups excluding carboxylic acids is 2. The quantitative estimate of drug-likeness (QED) is 0.489. The Morgan fingerprint density at radius 3 is 2.57 bits per heavy atom. The van der Waals surface area contributed by atoms with Crippen molar-refractivity contribution in [3.8, 4) is 16.0 Å². The lowest BCUT2D eigenvalue weighted by atomic mass is 10.1. The van der Waals surface area contributed by atoms with Crippen molar-refractivity contribution < 1.29 is 14.3 Å². The number of esters is 1. The number of hydrogen-bond acceptors (Lipinski definition) is 7. The van der Waals surface area contributed by atoms with E-state index >= 15 is 0 Å². The van der Waals surface area contributed by atoms with Crippen LogP contribution in [0.15, 0.2) is 35.7 Å². The molecule has 0 saturated heterocycles. The summed E-state index contributed by atoms with van der Waals surface area (Å²) in [6.07, 6.45) is 0.185. The van der Waals surface area contributed by atoms with E-state index in [9.17, 15) is 9.59 Å². The molecule has 0 fully saturated rings. The summed E-state index contributed by atoms with van der Waals surface area (Å²) in [5.41, 5.74) is 3.30. The number of ether oxygens (including phenoxy) is 1. The molecule has 6 nitrogen and oxygen atoms in total. The fourth-order valence-corrected chi connectivity index (χ4v) is 4.79. The second-order valence-electron chi connectivity index (χ2n) is 6.79. The van der Waals surface area contributed by atoms with Crippen LogP contribution in [0.5, 0.6) is 0 Å². The van der Waals surface area contributed by atoms with Gasteiger partial charge in [-0.2, -0.15) is 5.26 Å². The Labute approximate surface area is 183 Å². The van der Waals surface area contributed by atoms with Crippen LogP contribution in [0.25, 0.3) is 9.88 Å². The van der Waals surface area contributed by atoms with Crippen molar-refractivity contribution in [2.45, 2.75) is 27.2 Å². The van der Waals surface area contributed by atoms with Gasteiger partial charge in [0.2, 0.25) is 0 Å². The molecular weight excluding hydrogens is 418 g/mol. The van der Waals surface area contributed by atoms with Crippen LogP contribution < -0.4 is 4.90 Å². The lowest BCUT2D eigenvalue weighted by Gasteiger charge is -2.22. The Kier molecular flexibility index (Phi) is 6.98. The van der Waals surface area contributed by atoms with Gasteiger partial charge in [0.1, 0.15) is 9.88 Å². The number of hydrogen-bond donors (Lipinski definition) is 0. The smallest absolute Gasteiger partial charge is 0.350 e. The van der Waals surface area contributed by atoms with E-state index in [1.807, 2.05) is 49.6 Å². The molecule has 0 bridgehead atoms. The summed E-state index contributed by atoms with van der Waals surface area (Å²) in [6.45, 7) is 5.48. The van der Waals surface area contributed by atoms with Gasteiger partial charge >= 0.3 is 5.97 Å². The molecule has 1 amide bonds. The molecule has 0 radical (unpaired) electrons. The number of nitriles is 1. The van der Waals surface area contributed by atoms with E-state index in [0.717, 1.165) is 21.0 Å². The number of carbonyl (C=O) groups is 2. The highest BCUT2D eigenvalue weighted by atomic mass is 32.1. The molecule has 0 aliphatic heterocycles. The molecular formula is C22H21N3O3S2. The number of nitrogens with zero attached hydrogens (tertiary/aromatic N) is 3. The first kappa shape index (κ1) is 21.7. The first-order valence-corrected chi connectivity index (χ1v) is 11.0.